The van der Waals surface area contributed by atoms with Gasteiger partial charge >= 0.3 is 0 Å². The van der Waals surface area contributed by atoms with Crippen LogP contribution in [0.4, 0.5) is 0 Å². The van der Waals surface area contributed by atoms with Crippen molar-refractivity contribution in [1.82, 2.24) is 4.98 Å². The van der Waals surface area contributed by atoms with Gasteiger partial charge in [-0.2, -0.15) is 5.26 Å². The molecule has 6 heteroatoms. The average Bonchev–Trinajstić information content (AvgIpc) is 2.30. The third-order valence-electron chi connectivity index (χ3n) is 2.26. The Hall–Kier alpha value is -0.980. The Morgan fingerprint density at radius 1 is 1.00 bits per heavy atom. The summed E-state index contributed by atoms with van der Waals surface area (Å²) in [6, 6.07) is 6.68. The van der Waals surface area contributed by atoms with Crippen molar-refractivity contribution in [3.63, 3.8) is 0 Å². The minimum Gasteiger partial charge on any atom is -0.243 e. The maximum Gasteiger partial charge on any atom is 0.146 e. The first-order valence-electron chi connectivity index (χ1n) is 4.73. The molecule has 1 aromatic heterocycles. The lowest BCUT2D eigenvalue weighted by atomic mass is 10.1. The van der Waals surface area contributed by atoms with Crippen molar-refractivity contribution in [2.75, 3.05) is 0 Å². The molecule has 0 aliphatic carbocycles. The summed E-state index contributed by atoms with van der Waals surface area (Å²) >= 11 is 23.8. The molecule has 18 heavy (non-hydrogen) atoms. The zero-order valence-electron chi connectivity index (χ0n) is 8.72. The zero-order valence-corrected chi connectivity index (χ0v) is 11.7. The van der Waals surface area contributed by atoms with Gasteiger partial charge in [0, 0.05) is 22.3 Å². The molecule has 0 aliphatic rings. The van der Waals surface area contributed by atoms with Crippen LogP contribution in [0.15, 0.2) is 24.4 Å². The summed E-state index contributed by atoms with van der Waals surface area (Å²) in [6.07, 6.45) is 1.50. The van der Waals surface area contributed by atoms with Crippen LogP contribution in [-0.2, 0) is 0 Å². The predicted octanol–water partition coefficient (Wildman–Crippen LogP) is 5.23. The van der Waals surface area contributed by atoms with Crippen LogP contribution in [0.25, 0.3) is 11.1 Å². The molecule has 0 fully saturated rings. The van der Waals surface area contributed by atoms with Crippen LogP contribution in [-0.4, -0.2) is 4.98 Å². The van der Waals surface area contributed by atoms with E-state index >= 15 is 0 Å². The second-order valence-electron chi connectivity index (χ2n) is 3.42. The van der Waals surface area contributed by atoms with Gasteiger partial charge in [-0.05, 0) is 18.2 Å². The van der Waals surface area contributed by atoms with Gasteiger partial charge in [0.15, 0.2) is 0 Å². The molecular formula is C12H4Cl4N2. The Bertz CT molecular complexity index is 639. The first-order chi connectivity index (χ1) is 8.52. The van der Waals surface area contributed by atoms with Gasteiger partial charge in [0.2, 0.25) is 0 Å². The van der Waals surface area contributed by atoms with Gasteiger partial charge in [-0.1, -0.05) is 46.4 Å². The maximum absolute atomic E-state index is 8.91. The highest BCUT2D eigenvalue weighted by molar-refractivity contribution is 6.41. The number of nitriles is 1. The van der Waals surface area contributed by atoms with E-state index in [4.69, 9.17) is 51.7 Å². The smallest absolute Gasteiger partial charge is 0.146 e. The van der Waals surface area contributed by atoms with Gasteiger partial charge in [0.25, 0.3) is 0 Å². The molecule has 0 bridgehead atoms. The molecule has 0 saturated heterocycles. The molecule has 0 aliphatic heterocycles. The monoisotopic (exact) mass is 316 g/mol. The fraction of sp³-hybridized carbons (Fsp3) is 0. The molecule has 2 nitrogen and oxygen atoms in total. The van der Waals surface area contributed by atoms with E-state index in [1.807, 2.05) is 6.07 Å². The van der Waals surface area contributed by atoms with Crippen molar-refractivity contribution in [2.24, 2.45) is 0 Å². The highest BCUT2D eigenvalue weighted by Crippen LogP contribution is 2.37. The highest BCUT2D eigenvalue weighted by Gasteiger charge is 2.12. The van der Waals surface area contributed by atoms with Crippen molar-refractivity contribution < 1.29 is 0 Å². The quantitative estimate of drug-likeness (QED) is 0.675. The molecule has 2 rings (SSSR count). The van der Waals surface area contributed by atoms with Crippen LogP contribution in [0.3, 0.4) is 0 Å². The van der Waals surface area contributed by atoms with Crippen LogP contribution in [0.1, 0.15) is 5.56 Å². The normalized spacial score (nSPS) is 10.2. The summed E-state index contributed by atoms with van der Waals surface area (Å²) in [5.41, 5.74) is 1.45. The summed E-state index contributed by atoms with van der Waals surface area (Å²) in [5.74, 6) is 0. The second-order valence-corrected chi connectivity index (χ2v) is 5.03. The number of hydrogen-bond acceptors (Lipinski definition) is 2. The third-order valence-corrected chi connectivity index (χ3v) is 3.37. The fourth-order valence-electron chi connectivity index (χ4n) is 1.48. The number of benzene rings is 1. The number of halogens is 4. The van der Waals surface area contributed by atoms with E-state index in [9.17, 15) is 0 Å². The molecule has 1 heterocycles. The van der Waals surface area contributed by atoms with E-state index in [1.54, 1.807) is 18.2 Å². The Morgan fingerprint density at radius 3 is 2.17 bits per heavy atom. The van der Waals surface area contributed by atoms with E-state index in [-0.39, 0.29) is 10.7 Å². The van der Waals surface area contributed by atoms with Crippen molar-refractivity contribution in [3.05, 3.63) is 50.2 Å². The van der Waals surface area contributed by atoms with Crippen LogP contribution in [0.5, 0.6) is 0 Å². The van der Waals surface area contributed by atoms with Crippen molar-refractivity contribution >= 4 is 46.4 Å². The first-order valence-corrected chi connectivity index (χ1v) is 6.24. The molecule has 0 saturated carbocycles. The van der Waals surface area contributed by atoms with Gasteiger partial charge < -0.3 is 0 Å². The van der Waals surface area contributed by atoms with Gasteiger partial charge in [-0.25, -0.2) is 4.98 Å². The van der Waals surface area contributed by atoms with Crippen molar-refractivity contribution in [3.8, 4) is 17.2 Å². The van der Waals surface area contributed by atoms with Crippen molar-refractivity contribution in [1.29, 1.82) is 5.26 Å². The van der Waals surface area contributed by atoms with Gasteiger partial charge in [0.05, 0.1) is 15.6 Å². The molecule has 0 unspecified atom stereocenters. The number of aromatic nitrogens is 1. The number of rotatable bonds is 1. The molecule has 90 valence electrons. The number of hydrogen-bond donors (Lipinski definition) is 0. The van der Waals surface area contributed by atoms with E-state index in [0.717, 1.165) is 0 Å². The topological polar surface area (TPSA) is 36.7 Å². The minimum atomic E-state index is 0.141. The molecule has 2 aromatic rings. The molecule has 0 atom stereocenters. The molecule has 1 aromatic carbocycles. The Labute approximate surface area is 124 Å². The van der Waals surface area contributed by atoms with Gasteiger partial charge in [0.1, 0.15) is 11.2 Å². The van der Waals surface area contributed by atoms with E-state index in [0.29, 0.717) is 26.2 Å². The SMILES string of the molecule is N#Cc1cc(-c2c(Cl)cc(Cl)cc2Cl)cnc1Cl. The molecular weight excluding hydrogens is 314 g/mol. The van der Waals surface area contributed by atoms with Gasteiger partial charge in [-0.15, -0.1) is 0 Å². The second kappa shape index (κ2) is 5.34. The summed E-state index contributed by atoms with van der Waals surface area (Å²) in [5, 5.41) is 10.3. The average molecular weight is 318 g/mol. The Morgan fingerprint density at radius 2 is 1.61 bits per heavy atom. The van der Waals surface area contributed by atoms with Crippen LogP contribution in [0.2, 0.25) is 20.2 Å². The number of nitrogens with zero attached hydrogens (tertiary/aromatic N) is 2. The Balaban J connectivity index is 2.67. The van der Waals surface area contributed by atoms with E-state index in [1.165, 1.54) is 6.20 Å². The lowest BCUT2D eigenvalue weighted by Crippen LogP contribution is -1.88. The van der Waals surface area contributed by atoms with Crippen molar-refractivity contribution in [2.45, 2.75) is 0 Å². The van der Waals surface area contributed by atoms with Crippen LogP contribution < -0.4 is 0 Å². The van der Waals surface area contributed by atoms with Gasteiger partial charge in [-0.3, -0.25) is 0 Å². The first kappa shape index (κ1) is 13.5. The summed E-state index contributed by atoms with van der Waals surface area (Å²) < 4.78 is 0. The van der Waals surface area contributed by atoms with E-state index in [2.05, 4.69) is 4.98 Å². The van der Waals surface area contributed by atoms with E-state index < -0.39 is 0 Å². The summed E-state index contributed by atoms with van der Waals surface area (Å²) in [4.78, 5) is 3.92. The Kier molecular flexibility index (Phi) is 3.99. The third kappa shape index (κ3) is 2.55. The lowest BCUT2D eigenvalue weighted by molar-refractivity contribution is 1.30. The number of pyridine rings is 1. The molecule has 0 radical (unpaired) electrons. The highest BCUT2D eigenvalue weighted by atomic mass is 35.5. The standard InChI is InChI=1S/C12H4Cl4N2/c13-8-2-9(14)11(10(15)3-8)7-1-6(4-17)12(16)18-5-7/h1-3,5H. The lowest BCUT2D eigenvalue weighted by Gasteiger charge is -2.08. The zero-order chi connectivity index (χ0) is 13.3. The minimum absolute atomic E-state index is 0.141. The summed E-state index contributed by atoms with van der Waals surface area (Å²) in [6.45, 7) is 0. The van der Waals surface area contributed by atoms with Crippen LogP contribution in [0, 0.1) is 11.3 Å². The maximum atomic E-state index is 8.91. The fourth-order valence-corrected chi connectivity index (χ4v) is 2.66. The summed E-state index contributed by atoms with van der Waals surface area (Å²) in [7, 11) is 0. The van der Waals surface area contributed by atoms with Crippen LogP contribution >= 0.6 is 46.4 Å². The molecule has 0 N–H and O–H groups in total. The molecule has 0 amide bonds. The largest absolute Gasteiger partial charge is 0.243 e. The molecule has 0 spiro atoms. The predicted molar refractivity (Wildman–Crippen MR) is 74.4 cm³/mol.